The second-order valence-corrected chi connectivity index (χ2v) is 3.82. The topological polar surface area (TPSA) is 70.3 Å². The first-order valence-electron chi connectivity index (χ1n) is 5.48. The van der Waals surface area contributed by atoms with Crippen LogP contribution in [0.5, 0.6) is 11.5 Å². The molecule has 18 heavy (non-hydrogen) atoms. The average Bonchev–Trinajstić information content (AvgIpc) is 2.39. The van der Waals surface area contributed by atoms with Gasteiger partial charge in [0.2, 0.25) is 0 Å². The fourth-order valence-electron chi connectivity index (χ4n) is 1.85. The molecule has 0 saturated heterocycles. The first-order chi connectivity index (χ1) is 8.67. The maximum Gasteiger partial charge on any atom is 0.146 e. The number of nitrogens with two attached hydrogens (primary N) is 1. The van der Waals surface area contributed by atoms with Gasteiger partial charge in [-0.25, -0.2) is 0 Å². The molecule has 5 heteroatoms. The van der Waals surface area contributed by atoms with Crippen molar-refractivity contribution in [2.45, 2.75) is 6.92 Å². The molecule has 2 aromatic rings. The largest absolute Gasteiger partial charge is 0.496 e. The summed E-state index contributed by atoms with van der Waals surface area (Å²) in [6.45, 7) is 1.94. The van der Waals surface area contributed by atoms with E-state index in [2.05, 4.69) is 10.2 Å². The summed E-state index contributed by atoms with van der Waals surface area (Å²) in [4.78, 5) is 0. The normalized spacial score (nSPS) is 10.2. The number of anilines is 1. The Balaban J connectivity index is 2.57. The SMILES string of the molecule is COc1ccc(-c2ccc(N)nn2)c(OC)c1C. The fraction of sp³-hybridized carbons (Fsp3) is 0.231. The minimum atomic E-state index is 0.392. The molecule has 0 atom stereocenters. The smallest absolute Gasteiger partial charge is 0.146 e. The van der Waals surface area contributed by atoms with Crippen molar-refractivity contribution in [2.75, 3.05) is 20.0 Å². The van der Waals surface area contributed by atoms with Crippen molar-refractivity contribution in [3.8, 4) is 22.8 Å². The number of hydrogen-bond donors (Lipinski definition) is 1. The molecule has 94 valence electrons. The van der Waals surface area contributed by atoms with Crippen molar-refractivity contribution in [2.24, 2.45) is 0 Å². The molecule has 0 aliphatic carbocycles. The van der Waals surface area contributed by atoms with Crippen molar-refractivity contribution in [1.82, 2.24) is 10.2 Å². The molecule has 0 fully saturated rings. The second kappa shape index (κ2) is 4.91. The zero-order chi connectivity index (χ0) is 13.1. The van der Waals surface area contributed by atoms with Gasteiger partial charge in [-0.2, -0.15) is 0 Å². The van der Waals surface area contributed by atoms with Gasteiger partial charge >= 0.3 is 0 Å². The molecule has 0 bridgehead atoms. The molecule has 0 radical (unpaired) electrons. The summed E-state index contributed by atoms with van der Waals surface area (Å²) in [5, 5.41) is 7.90. The lowest BCUT2D eigenvalue weighted by molar-refractivity contribution is 0.390. The summed E-state index contributed by atoms with van der Waals surface area (Å²) in [5.74, 6) is 1.90. The van der Waals surface area contributed by atoms with E-state index in [1.807, 2.05) is 25.1 Å². The Morgan fingerprint density at radius 2 is 1.78 bits per heavy atom. The summed E-state index contributed by atoms with van der Waals surface area (Å²) in [6.07, 6.45) is 0. The van der Waals surface area contributed by atoms with E-state index in [9.17, 15) is 0 Å². The number of hydrogen-bond acceptors (Lipinski definition) is 5. The minimum absolute atomic E-state index is 0.392. The molecule has 1 aromatic carbocycles. The first kappa shape index (κ1) is 12.2. The van der Waals surface area contributed by atoms with Gasteiger partial charge in [-0.15, -0.1) is 10.2 Å². The van der Waals surface area contributed by atoms with Crippen molar-refractivity contribution >= 4 is 5.82 Å². The zero-order valence-corrected chi connectivity index (χ0v) is 10.6. The van der Waals surface area contributed by atoms with Crippen LogP contribution >= 0.6 is 0 Å². The number of ether oxygens (including phenoxy) is 2. The average molecular weight is 245 g/mol. The fourth-order valence-corrected chi connectivity index (χ4v) is 1.85. The highest BCUT2D eigenvalue weighted by Gasteiger charge is 2.13. The van der Waals surface area contributed by atoms with Gasteiger partial charge in [-0.1, -0.05) is 0 Å². The number of aromatic nitrogens is 2. The van der Waals surface area contributed by atoms with Crippen LogP contribution in [0.4, 0.5) is 5.82 Å². The van der Waals surface area contributed by atoms with Crippen molar-refractivity contribution in [3.05, 3.63) is 29.8 Å². The third kappa shape index (κ3) is 2.07. The van der Waals surface area contributed by atoms with Crippen LogP contribution in [0, 0.1) is 6.92 Å². The van der Waals surface area contributed by atoms with Gasteiger partial charge in [0.05, 0.1) is 19.9 Å². The quantitative estimate of drug-likeness (QED) is 0.896. The summed E-state index contributed by atoms with van der Waals surface area (Å²) in [5.41, 5.74) is 8.03. The molecule has 0 aliphatic rings. The Hall–Kier alpha value is -2.30. The molecule has 2 N–H and O–H groups in total. The van der Waals surface area contributed by atoms with Gasteiger partial charge in [0.1, 0.15) is 17.3 Å². The van der Waals surface area contributed by atoms with Crippen LogP contribution in [0.3, 0.4) is 0 Å². The molecule has 1 aromatic heterocycles. The van der Waals surface area contributed by atoms with Crippen molar-refractivity contribution in [3.63, 3.8) is 0 Å². The van der Waals surface area contributed by atoms with Gasteiger partial charge < -0.3 is 15.2 Å². The summed E-state index contributed by atoms with van der Waals surface area (Å²) in [6, 6.07) is 7.30. The molecule has 0 aliphatic heterocycles. The van der Waals surface area contributed by atoms with E-state index in [0.29, 0.717) is 11.5 Å². The standard InChI is InChI=1S/C13H15N3O2/c1-8-11(17-2)6-4-9(13(8)18-3)10-5-7-12(14)16-15-10/h4-7H,1-3H3,(H2,14,16). The number of rotatable bonds is 3. The maximum absolute atomic E-state index is 5.53. The second-order valence-electron chi connectivity index (χ2n) is 3.82. The molecule has 1 heterocycles. The van der Waals surface area contributed by atoms with Gasteiger partial charge in [0.25, 0.3) is 0 Å². The lowest BCUT2D eigenvalue weighted by Gasteiger charge is -2.13. The van der Waals surface area contributed by atoms with Gasteiger partial charge in [0.15, 0.2) is 0 Å². The van der Waals surface area contributed by atoms with Crippen LogP contribution in [0.2, 0.25) is 0 Å². The third-order valence-electron chi connectivity index (χ3n) is 2.74. The number of methoxy groups -OCH3 is 2. The molecule has 0 saturated carbocycles. The number of nitrogens with zero attached hydrogens (tertiary/aromatic N) is 2. The Bertz CT molecular complexity index is 553. The Labute approximate surface area is 106 Å². The van der Waals surface area contributed by atoms with Crippen LogP contribution < -0.4 is 15.2 Å². The van der Waals surface area contributed by atoms with Crippen molar-refractivity contribution in [1.29, 1.82) is 0 Å². The molecule has 5 nitrogen and oxygen atoms in total. The van der Waals surface area contributed by atoms with Gasteiger partial charge in [-0.05, 0) is 31.2 Å². The van der Waals surface area contributed by atoms with E-state index in [-0.39, 0.29) is 0 Å². The van der Waals surface area contributed by atoms with Crippen LogP contribution in [0.1, 0.15) is 5.56 Å². The summed E-state index contributed by atoms with van der Waals surface area (Å²) >= 11 is 0. The zero-order valence-electron chi connectivity index (χ0n) is 10.6. The predicted octanol–water partition coefficient (Wildman–Crippen LogP) is 2.05. The molecule has 0 unspecified atom stereocenters. The van der Waals surface area contributed by atoms with E-state index < -0.39 is 0 Å². The van der Waals surface area contributed by atoms with Gasteiger partial charge in [0, 0.05) is 11.1 Å². The van der Waals surface area contributed by atoms with Gasteiger partial charge in [-0.3, -0.25) is 0 Å². The molecule has 0 spiro atoms. The van der Waals surface area contributed by atoms with Crippen LogP contribution in [0.15, 0.2) is 24.3 Å². The first-order valence-corrected chi connectivity index (χ1v) is 5.48. The van der Waals surface area contributed by atoms with E-state index in [4.69, 9.17) is 15.2 Å². The van der Waals surface area contributed by atoms with Crippen LogP contribution in [-0.4, -0.2) is 24.4 Å². The lowest BCUT2D eigenvalue weighted by Crippen LogP contribution is -1.98. The monoisotopic (exact) mass is 245 g/mol. The lowest BCUT2D eigenvalue weighted by atomic mass is 10.1. The number of nitrogen functional groups attached to an aromatic ring is 1. The Morgan fingerprint density at radius 3 is 2.33 bits per heavy atom. The maximum atomic E-state index is 5.53. The molecule has 0 amide bonds. The van der Waals surface area contributed by atoms with E-state index in [1.165, 1.54) is 0 Å². The van der Waals surface area contributed by atoms with E-state index in [0.717, 1.165) is 22.6 Å². The summed E-state index contributed by atoms with van der Waals surface area (Å²) in [7, 11) is 3.25. The molecule has 2 rings (SSSR count). The third-order valence-corrected chi connectivity index (χ3v) is 2.74. The van der Waals surface area contributed by atoms with Crippen molar-refractivity contribution < 1.29 is 9.47 Å². The predicted molar refractivity (Wildman–Crippen MR) is 69.7 cm³/mol. The minimum Gasteiger partial charge on any atom is -0.496 e. The summed E-state index contributed by atoms with van der Waals surface area (Å²) < 4.78 is 10.7. The van der Waals surface area contributed by atoms with Crippen LogP contribution in [-0.2, 0) is 0 Å². The van der Waals surface area contributed by atoms with E-state index >= 15 is 0 Å². The number of benzene rings is 1. The Kier molecular flexibility index (Phi) is 3.32. The highest BCUT2D eigenvalue weighted by molar-refractivity contribution is 5.71. The van der Waals surface area contributed by atoms with E-state index in [1.54, 1.807) is 20.3 Å². The molecular weight excluding hydrogens is 230 g/mol. The Morgan fingerprint density at radius 1 is 1.00 bits per heavy atom. The molecular formula is C13H15N3O2. The highest BCUT2D eigenvalue weighted by atomic mass is 16.5. The van der Waals surface area contributed by atoms with Crippen LogP contribution in [0.25, 0.3) is 11.3 Å². The highest BCUT2D eigenvalue weighted by Crippen LogP contribution is 2.36.